The smallest absolute Gasteiger partial charge is 0.123 e. The molecule has 0 spiro atoms. The number of nitrogens with zero attached hydrogens (tertiary/aromatic N) is 3. The Kier molecular flexibility index (Phi) is 4.52. The summed E-state index contributed by atoms with van der Waals surface area (Å²) in [7, 11) is 6.34. The van der Waals surface area contributed by atoms with Gasteiger partial charge in [-0.3, -0.25) is 0 Å². The summed E-state index contributed by atoms with van der Waals surface area (Å²) in [6.07, 6.45) is 3.24. The molecule has 0 aliphatic carbocycles. The molecule has 3 nitrogen and oxygen atoms in total. The number of halogens is 1. The highest BCUT2D eigenvalue weighted by atomic mass is 19.1. The lowest BCUT2D eigenvalue weighted by Gasteiger charge is -2.23. The number of fused-ring (bicyclic) bond motifs is 3. The van der Waals surface area contributed by atoms with E-state index >= 15 is 0 Å². The maximum Gasteiger partial charge on any atom is 0.123 e. The van der Waals surface area contributed by atoms with E-state index in [0.717, 1.165) is 30.6 Å². The van der Waals surface area contributed by atoms with Gasteiger partial charge < -0.3 is 14.4 Å². The largest absolute Gasteiger partial charge is 0.378 e. The molecule has 1 aliphatic rings. The van der Waals surface area contributed by atoms with E-state index < -0.39 is 0 Å². The molecule has 0 N–H and O–H groups in total. The van der Waals surface area contributed by atoms with E-state index in [0.29, 0.717) is 0 Å². The summed E-state index contributed by atoms with van der Waals surface area (Å²) in [6.45, 7) is 4.13. The fraction of sp³-hybridized carbons (Fsp3) is 0.304. The third kappa shape index (κ3) is 3.26. The average Bonchev–Trinajstić information content (AvgIpc) is 2.94. The molecule has 3 aromatic rings. The number of anilines is 1. The molecule has 2 heterocycles. The van der Waals surface area contributed by atoms with Crippen LogP contribution in [0.2, 0.25) is 0 Å². The molecule has 4 rings (SSSR count). The van der Waals surface area contributed by atoms with Crippen LogP contribution in [0.5, 0.6) is 0 Å². The zero-order chi connectivity index (χ0) is 19.1. The van der Waals surface area contributed by atoms with Gasteiger partial charge >= 0.3 is 0 Å². The highest BCUT2D eigenvalue weighted by Gasteiger charge is 2.22. The number of rotatable bonds is 3. The van der Waals surface area contributed by atoms with Crippen molar-refractivity contribution in [3.63, 3.8) is 0 Å². The van der Waals surface area contributed by atoms with E-state index in [2.05, 4.69) is 66.8 Å². The van der Waals surface area contributed by atoms with Gasteiger partial charge in [0.15, 0.2) is 0 Å². The minimum atomic E-state index is -0.199. The molecule has 0 saturated heterocycles. The van der Waals surface area contributed by atoms with Crippen LogP contribution in [-0.2, 0) is 13.0 Å². The molecule has 0 bridgehead atoms. The van der Waals surface area contributed by atoms with Crippen LogP contribution in [0.3, 0.4) is 0 Å². The maximum absolute atomic E-state index is 13.3. The fourth-order valence-corrected chi connectivity index (χ4v) is 3.92. The van der Waals surface area contributed by atoms with Gasteiger partial charge in [0, 0.05) is 56.6 Å². The Morgan fingerprint density at radius 3 is 2.56 bits per heavy atom. The minimum absolute atomic E-state index is 0.199. The monoisotopic (exact) mass is 363 g/mol. The Hall–Kier alpha value is -2.59. The SMILES string of the molecule is CC(=Cn1c2c(c3cc(N(C)C)ccc31)CN(C)CC2)c1ccc(F)cc1. The summed E-state index contributed by atoms with van der Waals surface area (Å²) < 4.78 is 15.6. The van der Waals surface area contributed by atoms with E-state index in [1.807, 2.05) is 12.1 Å². The van der Waals surface area contributed by atoms with Gasteiger partial charge in [0.05, 0.1) is 5.52 Å². The molecule has 140 valence electrons. The van der Waals surface area contributed by atoms with Crippen molar-refractivity contribution < 1.29 is 4.39 Å². The van der Waals surface area contributed by atoms with Crippen LogP contribution in [-0.4, -0.2) is 37.2 Å². The number of benzene rings is 2. The Bertz CT molecular complexity index is 1010. The van der Waals surface area contributed by atoms with Gasteiger partial charge in [-0.05, 0) is 61.0 Å². The van der Waals surface area contributed by atoms with Gasteiger partial charge in [-0.1, -0.05) is 12.1 Å². The lowest BCUT2D eigenvalue weighted by molar-refractivity contribution is 0.312. The first-order chi connectivity index (χ1) is 12.9. The molecular formula is C23H26FN3. The molecule has 0 saturated carbocycles. The summed E-state index contributed by atoms with van der Waals surface area (Å²) >= 11 is 0. The van der Waals surface area contributed by atoms with Crippen LogP contribution in [0.15, 0.2) is 42.5 Å². The molecule has 0 unspecified atom stereocenters. The normalized spacial score (nSPS) is 15.2. The Morgan fingerprint density at radius 1 is 1.11 bits per heavy atom. The third-order valence-corrected chi connectivity index (χ3v) is 5.50. The molecule has 1 aliphatic heterocycles. The Morgan fingerprint density at radius 2 is 1.85 bits per heavy atom. The van der Waals surface area contributed by atoms with Crippen molar-refractivity contribution in [3.8, 4) is 0 Å². The first kappa shape index (κ1) is 17.8. The van der Waals surface area contributed by atoms with Crippen LogP contribution in [0.4, 0.5) is 10.1 Å². The molecule has 1 aromatic heterocycles. The number of likely N-dealkylation sites (N-methyl/N-ethyl adjacent to an activating group) is 1. The van der Waals surface area contributed by atoms with Crippen LogP contribution in [0.25, 0.3) is 22.7 Å². The highest BCUT2D eigenvalue weighted by Crippen LogP contribution is 2.34. The zero-order valence-corrected chi connectivity index (χ0v) is 16.5. The topological polar surface area (TPSA) is 11.4 Å². The fourth-order valence-electron chi connectivity index (χ4n) is 3.92. The predicted molar refractivity (Wildman–Crippen MR) is 113 cm³/mol. The Labute approximate surface area is 160 Å². The van der Waals surface area contributed by atoms with Crippen molar-refractivity contribution in [3.05, 3.63) is 65.1 Å². The molecule has 0 atom stereocenters. The van der Waals surface area contributed by atoms with Crippen molar-refractivity contribution >= 4 is 28.4 Å². The lowest BCUT2D eigenvalue weighted by Crippen LogP contribution is -2.26. The summed E-state index contributed by atoms with van der Waals surface area (Å²) in [4.78, 5) is 4.53. The summed E-state index contributed by atoms with van der Waals surface area (Å²) in [5.41, 5.74) is 7.44. The highest BCUT2D eigenvalue weighted by molar-refractivity contribution is 5.92. The second-order valence-corrected chi connectivity index (χ2v) is 7.70. The van der Waals surface area contributed by atoms with Gasteiger partial charge in [-0.25, -0.2) is 4.39 Å². The van der Waals surface area contributed by atoms with Gasteiger partial charge in [0.25, 0.3) is 0 Å². The maximum atomic E-state index is 13.3. The molecule has 2 aromatic carbocycles. The summed E-state index contributed by atoms with van der Waals surface area (Å²) in [6, 6.07) is 13.4. The first-order valence-corrected chi connectivity index (χ1v) is 9.40. The van der Waals surface area contributed by atoms with Crippen LogP contribution in [0.1, 0.15) is 23.7 Å². The molecule has 0 amide bonds. The van der Waals surface area contributed by atoms with Crippen molar-refractivity contribution in [1.82, 2.24) is 9.47 Å². The number of aromatic nitrogens is 1. The predicted octanol–water partition coefficient (Wildman–Crippen LogP) is 4.85. The zero-order valence-electron chi connectivity index (χ0n) is 16.5. The lowest BCUT2D eigenvalue weighted by atomic mass is 10.0. The van der Waals surface area contributed by atoms with Crippen LogP contribution in [0, 0.1) is 5.82 Å². The van der Waals surface area contributed by atoms with E-state index in [-0.39, 0.29) is 5.82 Å². The molecule has 4 heteroatoms. The van der Waals surface area contributed by atoms with Gasteiger partial charge in [0.2, 0.25) is 0 Å². The van der Waals surface area contributed by atoms with E-state index in [4.69, 9.17) is 0 Å². The van der Waals surface area contributed by atoms with Crippen molar-refractivity contribution in [2.75, 3.05) is 32.6 Å². The second kappa shape index (κ2) is 6.86. The first-order valence-electron chi connectivity index (χ1n) is 9.40. The van der Waals surface area contributed by atoms with Gasteiger partial charge in [0.1, 0.15) is 5.82 Å². The number of hydrogen-bond acceptors (Lipinski definition) is 2. The second-order valence-electron chi connectivity index (χ2n) is 7.70. The van der Waals surface area contributed by atoms with E-state index in [1.165, 1.54) is 40.0 Å². The number of allylic oxidation sites excluding steroid dienone is 1. The number of hydrogen-bond donors (Lipinski definition) is 0. The standard InChI is InChI=1S/C23H26FN3/c1-16(17-5-7-18(24)8-6-17)14-27-22-10-9-19(25(2)3)13-20(22)21-15-26(4)12-11-23(21)27/h5-10,13-14H,11-12,15H2,1-4H3. The van der Waals surface area contributed by atoms with Crippen LogP contribution >= 0.6 is 0 Å². The van der Waals surface area contributed by atoms with E-state index in [1.54, 1.807) is 0 Å². The van der Waals surface area contributed by atoms with Crippen molar-refractivity contribution in [1.29, 1.82) is 0 Å². The molecule has 0 radical (unpaired) electrons. The molecular weight excluding hydrogens is 337 g/mol. The Balaban J connectivity index is 1.89. The molecule has 27 heavy (non-hydrogen) atoms. The summed E-state index contributed by atoms with van der Waals surface area (Å²) in [5, 5.41) is 1.32. The van der Waals surface area contributed by atoms with Crippen molar-refractivity contribution in [2.24, 2.45) is 0 Å². The molecule has 0 fully saturated rings. The van der Waals surface area contributed by atoms with Gasteiger partial charge in [-0.15, -0.1) is 0 Å². The minimum Gasteiger partial charge on any atom is -0.378 e. The summed E-state index contributed by atoms with van der Waals surface area (Å²) in [5.74, 6) is -0.199. The van der Waals surface area contributed by atoms with Crippen LogP contribution < -0.4 is 4.90 Å². The quantitative estimate of drug-likeness (QED) is 0.659. The van der Waals surface area contributed by atoms with E-state index in [9.17, 15) is 4.39 Å². The average molecular weight is 363 g/mol. The third-order valence-electron chi connectivity index (χ3n) is 5.50. The van der Waals surface area contributed by atoms with Crippen molar-refractivity contribution in [2.45, 2.75) is 19.9 Å². The van der Waals surface area contributed by atoms with Gasteiger partial charge in [-0.2, -0.15) is 0 Å².